The molecule has 0 saturated heterocycles. The molecular weight excluding hydrogens is 190 g/mol. The maximum absolute atomic E-state index is 11.7. The van der Waals surface area contributed by atoms with Crippen LogP contribution in [0.4, 0.5) is 5.69 Å². The van der Waals surface area contributed by atoms with Gasteiger partial charge in [-0.15, -0.1) is 0 Å². The number of hydrogen-bond acceptors (Lipinski definition) is 2. The van der Waals surface area contributed by atoms with Gasteiger partial charge in [-0.25, -0.2) is 0 Å². The number of rotatable bonds is 4. The average molecular weight is 207 g/mol. The molecule has 0 aliphatic heterocycles. The van der Waals surface area contributed by atoms with E-state index in [0.717, 1.165) is 5.69 Å². The minimum Gasteiger partial charge on any atom is -0.396 e. The number of hydrogen-bond donors (Lipinski definition) is 1. The second-order valence-electron chi connectivity index (χ2n) is 3.78. The molecule has 0 radical (unpaired) electrons. The Balaban J connectivity index is 2.61. The summed E-state index contributed by atoms with van der Waals surface area (Å²) in [6.45, 7) is 1.91. The Kier molecular flexibility index (Phi) is 4.31. The molecule has 0 aliphatic carbocycles. The number of para-hydroxylation sites is 1. The fraction of sp³-hybridized carbons (Fsp3) is 0.417. The third-order valence-corrected chi connectivity index (χ3v) is 2.35. The molecule has 1 N–H and O–H groups in total. The molecule has 0 aromatic heterocycles. The van der Waals surface area contributed by atoms with Crippen molar-refractivity contribution in [3.05, 3.63) is 30.3 Å². The van der Waals surface area contributed by atoms with E-state index in [2.05, 4.69) is 0 Å². The summed E-state index contributed by atoms with van der Waals surface area (Å²) in [7, 11) is 1.75. The van der Waals surface area contributed by atoms with Crippen LogP contribution in [0, 0.1) is 5.92 Å². The first kappa shape index (κ1) is 11.7. The molecule has 15 heavy (non-hydrogen) atoms. The third-order valence-electron chi connectivity index (χ3n) is 2.35. The van der Waals surface area contributed by atoms with Crippen LogP contribution in [-0.2, 0) is 4.79 Å². The Labute approximate surface area is 90.3 Å². The largest absolute Gasteiger partial charge is 0.396 e. The molecule has 1 amide bonds. The second-order valence-corrected chi connectivity index (χ2v) is 3.78. The summed E-state index contributed by atoms with van der Waals surface area (Å²) in [6.07, 6.45) is 0.377. The van der Waals surface area contributed by atoms with Gasteiger partial charge < -0.3 is 10.0 Å². The summed E-state index contributed by atoms with van der Waals surface area (Å²) in [6, 6.07) is 9.49. The van der Waals surface area contributed by atoms with Crippen molar-refractivity contribution in [1.82, 2.24) is 0 Å². The van der Waals surface area contributed by atoms with E-state index in [-0.39, 0.29) is 18.4 Å². The molecule has 0 bridgehead atoms. The van der Waals surface area contributed by atoms with Crippen LogP contribution in [0.5, 0.6) is 0 Å². The van der Waals surface area contributed by atoms with Crippen LogP contribution in [0.1, 0.15) is 13.3 Å². The van der Waals surface area contributed by atoms with Crippen LogP contribution < -0.4 is 4.90 Å². The van der Waals surface area contributed by atoms with E-state index in [9.17, 15) is 4.79 Å². The van der Waals surface area contributed by atoms with Gasteiger partial charge in [0, 0.05) is 25.8 Å². The zero-order chi connectivity index (χ0) is 11.3. The van der Waals surface area contributed by atoms with Gasteiger partial charge in [0.15, 0.2) is 0 Å². The SMILES string of the molecule is C[C@H](CO)CC(=O)N(C)c1ccccc1. The Morgan fingerprint density at radius 3 is 2.53 bits per heavy atom. The number of aliphatic hydroxyl groups excluding tert-OH is 1. The van der Waals surface area contributed by atoms with E-state index in [1.165, 1.54) is 0 Å². The first-order valence-corrected chi connectivity index (χ1v) is 5.07. The molecule has 82 valence electrons. The van der Waals surface area contributed by atoms with Gasteiger partial charge in [-0.2, -0.15) is 0 Å². The van der Waals surface area contributed by atoms with Crippen LogP contribution in [0.2, 0.25) is 0 Å². The molecule has 3 nitrogen and oxygen atoms in total. The molecule has 3 heteroatoms. The zero-order valence-corrected chi connectivity index (χ0v) is 9.18. The Morgan fingerprint density at radius 2 is 2.00 bits per heavy atom. The van der Waals surface area contributed by atoms with Gasteiger partial charge in [0.1, 0.15) is 0 Å². The number of carbonyl (C=O) groups is 1. The number of benzene rings is 1. The first-order valence-electron chi connectivity index (χ1n) is 5.07. The van der Waals surface area contributed by atoms with Crippen molar-refractivity contribution in [2.24, 2.45) is 5.92 Å². The number of aliphatic hydroxyl groups is 1. The van der Waals surface area contributed by atoms with Crippen LogP contribution in [0.25, 0.3) is 0 Å². The molecule has 0 saturated carbocycles. The van der Waals surface area contributed by atoms with Gasteiger partial charge >= 0.3 is 0 Å². The predicted octanol–water partition coefficient (Wildman–Crippen LogP) is 1.67. The first-order chi connectivity index (χ1) is 7.15. The van der Waals surface area contributed by atoms with Crippen molar-refractivity contribution in [3.63, 3.8) is 0 Å². The Morgan fingerprint density at radius 1 is 1.40 bits per heavy atom. The highest BCUT2D eigenvalue weighted by molar-refractivity contribution is 5.92. The minimum absolute atomic E-state index is 0.0173. The maximum Gasteiger partial charge on any atom is 0.227 e. The zero-order valence-electron chi connectivity index (χ0n) is 9.18. The molecule has 1 aromatic carbocycles. The molecule has 0 aliphatic rings. The second kappa shape index (κ2) is 5.51. The van der Waals surface area contributed by atoms with Gasteiger partial charge in [-0.1, -0.05) is 25.1 Å². The van der Waals surface area contributed by atoms with Crippen molar-refractivity contribution >= 4 is 11.6 Å². The highest BCUT2D eigenvalue weighted by atomic mass is 16.3. The molecule has 0 heterocycles. The number of carbonyl (C=O) groups excluding carboxylic acids is 1. The summed E-state index contributed by atoms with van der Waals surface area (Å²) in [4.78, 5) is 13.3. The summed E-state index contributed by atoms with van der Waals surface area (Å²) in [5.41, 5.74) is 0.882. The lowest BCUT2D eigenvalue weighted by molar-refractivity contribution is -0.119. The van der Waals surface area contributed by atoms with E-state index in [1.54, 1.807) is 11.9 Å². The van der Waals surface area contributed by atoms with Gasteiger partial charge in [0.2, 0.25) is 5.91 Å². The van der Waals surface area contributed by atoms with Crippen LogP contribution in [-0.4, -0.2) is 24.7 Å². The summed E-state index contributed by atoms with van der Waals surface area (Å²) in [5, 5.41) is 8.87. The average Bonchev–Trinajstić information content (AvgIpc) is 2.29. The highest BCUT2D eigenvalue weighted by Crippen LogP contribution is 2.13. The molecule has 1 rings (SSSR count). The van der Waals surface area contributed by atoms with Crippen molar-refractivity contribution in [2.45, 2.75) is 13.3 Å². The van der Waals surface area contributed by atoms with Crippen LogP contribution in [0.15, 0.2) is 30.3 Å². The molecule has 1 atom stereocenters. The number of anilines is 1. The van der Waals surface area contributed by atoms with Crippen molar-refractivity contribution < 1.29 is 9.90 Å². The molecule has 0 fully saturated rings. The monoisotopic (exact) mass is 207 g/mol. The smallest absolute Gasteiger partial charge is 0.227 e. The molecule has 1 aromatic rings. The van der Waals surface area contributed by atoms with Crippen LogP contribution >= 0.6 is 0 Å². The fourth-order valence-corrected chi connectivity index (χ4v) is 1.30. The van der Waals surface area contributed by atoms with E-state index in [0.29, 0.717) is 6.42 Å². The topological polar surface area (TPSA) is 40.5 Å². The third kappa shape index (κ3) is 3.36. The van der Waals surface area contributed by atoms with E-state index < -0.39 is 0 Å². The Bertz CT molecular complexity index is 311. The highest BCUT2D eigenvalue weighted by Gasteiger charge is 2.13. The lowest BCUT2D eigenvalue weighted by atomic mass is 10.1. The van der Waals surface area contributed by atoms with Gasteiger partial charge in [-0.3, -0.25) is 4.79 Å². The lowest BCUT2D eigenvalue weighted by Gasteiger charge is -2.18. The predicted molar refractivity (Wildman–Crippen MR) is 60.7 cm³/mol. The van der Waals surface area contributed by atoms with Crippen molar-refractivity contribution in [2.75, 3.05) is 18.6 Å². The van der Waals surface area contributed by atoms with Crippen molar-refractivity contribution in [3.8, 4) is 0 Å². The number of amides is 1. The van der Waals surface area contributed by atoms with Gasteiger partial charge in [-0.05, 0) is 18.1 Å². The number of nitrogens with zero attached hydrogens (tertiary/aromatic N) is 1. The maximum atomic E-state index is 11.7. The van der Waals surface area contributed by atoms with Crippen molar-refractivity contribution in [1.29, 1.82) is 0 Å². The summed E-state index contributed by atoms with van der Waals surface area (Å²) < 4.78 is 0. The normalized spacial score (nSPS) is 12.2. The van der Waals surface area contributed by atoms with E-state index in [1.807, 2.05) is 37.3 Å². The molecule has 0 spiro atoms. The minimum atomic E-state index is 0.0173. The molecule has 0 unspecified atom stereocenters. The Hall–Kier alpha value is -1.35. The quantitative estimate of drug-likeness (QED) is 0.815. The van der Waals surface area contributed by atoms with Crippen LogP contribution in [0.3, 0.4) is 0 Å². The van der Waals surface area contributed by atoms with E-state index in [4.69, 9.17) is 5.11 Å². The molecular formula is C12H17NO2. The summed E-state index contributed by atoms with van der Waals surface area (Å²) in [5.74, 6) is 0.0476. The lowest BCUT2D eigenvalue weighted by Crippen LogP contribution is -2.28. The van der Waals surface area contributed by atoms with Gasteiger partial charge in [0.05, 0.1) is 0 Å². The standard InChI is InChI=1S/C12H17NO2/c1-10(9-14)8-12(15)13(2)11-6-4-3-5-7-11/h3-7,10,14H,8-9H2,1-2H3/t10-/m0/s1. The summed E-state index contributed by atoms with van der Waals surface area (Å²) >= 11 is 0. The van der Waals surface area contributed by atoms with Gasteiger partial charge in [0.25, 0.3) is 0 Å². The fourth-order valence-electron chi connectivity index (χ4n) is 1.30. The van der Waals surface area contributed by atoms with E-state index >= 15 is 0 Å².